The third kappa shape index (κ3) is 3.66. The van der Waals surface area contributed by atoms with Crippen LogP contribution in [-0.4, -0.2) is 30.3 Å². The van der Waals surface area contributed by atoms with Gasteiger partial charge in [0.1, 0.15) is 11.5 Å². The van der Waals surface area contributed by atoms with E-state index in [4.69, 9.17) is 13.9 Å². The second-order valence-corrected chi connectivity index (χ2v) is 5.79. The van der Waals surface area contributed by atoms with Crippen molar-refractivity contribution in [3.05, 3.63) is 53.1 Å². The molecule has 134 valence electrons. The number of carbonyl (C=O) groups excluding carboxylic acids is 1. The Kier molecular flexibility index (Phi) is 4.88. The van der Waals surface area contributed by atoms with Gasteiger partial charge in [0, 0.05) is 17.2 Å². The molecule has 0 aliphatic carbocycles. The fourth-order valence-electron chi connectivity index (χ4n) is 2.54. The van der Waals surface area contributed by atoms with Gasteiger partial charge in [0.2, 0.25) is 5.89 Å². The average Bonchev–Trinajstić information content (AvgIpc) is 3.09. The molecule has 0 spiro atoms. The Bertz CT molecular complexity index is 927. The first kappa shape index (κ1) is 17.5. The van der Waals surface area contributed by atoms with Crippen LogP contribution in [0.5, 0.6) is 11.5 Å². The highest BCUT2D eigenvalue weighted by atomic mass is 16.5. The molecule has 0 saturated carbocycles. The minimum absolute atomic E-state index is 0.0201. The number of methoxy groups -OCH3 is 2. The lowest BCUT2D eigenvalue weighted by molar-refractivity contribution is 0.102. The van der Waals surface area contributed by atoms with Crippen LogP contribution >= 0.6 is 0 Å². The van der Waals surface area contributed by atoms with E-state index in [9.17, 15) is 4.79 Å². The summed E-state index contributed by atoms with van der Waals surface area (Å²) in [6, 6.07) is 10.8. The van der Waals surface area contributed by atoms with Gasteiger partial charge in [0.05, 0.1) is 14.2 Å². The molecule has 0 unspecified atom stereocenters. The highest BCUT2D eigenvalue weighted by molar-refractivity contribution is 6.03. The summed E-state index contributed by atoms with van der Waals surface area (Å²) in [7, 11) is 3.04. The van der Waals surface area contributed by atoms with Gasteiger partial charge < -0.3 is 13.9 Å². The summed E-state index contributed by atoms with van der Waals surface area (Å²) in [5.41, 5.74) is 3.34. The predicted molar refractivity (Wildman–Crippen MR) is 96.7 cm³/mol. The summed E-state index contributed by atoms with van der Waals surface area (Å²) < 4.78 is 15.9. The van der Waals surface area contributed by atoms with Crippen molar-refractivity contribution in [2.45, 2.75) is 13.8 Å². The lowest BCUT2D eigenvalue weighted by Gasteiger charge is -2.07. The summed E-state index contributed by atoms with van der Waals surface area (Å²) in [5.74, 6) is 0.964. The lowest BCUT2D eigenvalue weighted by atomic mass is 10.1. The molecule has 1 N–H and O–H groups in total. The standard InChI is InChI=1S/C19H19N3O4/c1-11-5-6-16(12(2)7-11)18-21-22-19(26-18)20-17(23)13-8-14(24-3)10-15(9-13)25-4/h5-10H,1-4H3,(H,20,22,23). The van der Waals surface area contributed by atoms with Gasteiger partial charge in [0.25, 0.3) is 5.91 Å². The molecule has 26 heavy (non-hydrogen) atoms. The van der Waals surface area contributed by atoms with E-state index in [0.29, 0.717) is 23.0 Å². The Balaban J connectivity index is 1.82. The molecule has 0 aliphatic rings. The van der Waals surface area contributed by atoms with E-state index in [1.54, 1.807) is 18.2 Å². The van der Waals surface area contributed by atoms with Gasteiger partial charge in [-0.05, 0) is 37.6 Å². The third-order valence-corrected chi connectivity index (χ3v) is 3.87. The molecule has 2 aromatic carbocycles. The van der Waals surface area contributed by atoms with E-state index >= 15 is 0 Å². The first-order valence-corrected chi connectivity index (χ1v) is 7.95. The molecule has 7 nitrogen and oxygen atoms in total. The Morgan fingerprint density at radius 3 is 2.31 bits per heavy atom. The molecule has 0 atom stereocenters. The number of nitrogens with zero attached hydrogens (tertiary/aromatic N) is 2. The molecule has 3 aromatic rings. The van der Waals surface area contributed by atoms with E-state index in [-0.39, 0.29) is 6.01 Å². The summed E-state index contributed by atoms with van der Waals surface area (Å²) in [6.07, 6.45) is 0. The van der Waals surface area contributed by atoms with Gasteiger partial charge in [-0.15, -0.1) is 5.10 Å². The van der Waals surface area contributed by atoms with Crippen molar-refractivity contribution >= 4 is 11.9 Å². The van der Waals surface area contributed by atoms with E-state index in [0.717, 1.165) is 16.7 Å². The number of nitrogens with one attached hydrogen (secondary N) is 1. The summed E-state index contributed by atoms with van der Waals surface area (Å²) in [6.45, 7) is 3.98. The lowest BCUT2D eigenvalue weighted by Crippen LogP contribution is -2.12. The van der Waals surface area contributed by atoms with Crippen molar-refractivity contribution in [2.24, 2.45) is 0 Å². The molecular formula is C19H19N3O4. The Hall–Kier alpha value is -3.35. The van der Waals surface area contributed by atoms with Crippen molar-refractivity contribution in [1.82, 2.24) is 10.2 Å². The largest absolute Gasteiger partial charge is 0.497 e. The molecular weight excluding hydrogens is 334 g/mol. The SMILES string of the molecule is COc1cc(OC)cc(C(=O)Nc2nnc(-c3ccc(C)cc3C)o2)c1. The summed E-state index contributed by atoms with van der Waals surface area (Å²) in [5, 5.41) is 10.5. The van der Waals surface area contributed by atoms with Crippen molar-refractivity contribution < 1.29 is 18.7 Å². The fraction of sp³-hybridized carbons (Fsp3) is 0.211. The molecule has 7 heteroatoms. The van der Waals surface area contributed by atoms with E-state index in [1.165, 1.54) is 14.2 Å². The quantitative estimate of drug-likeness (QED) is 0.754. The number of amides is 1. The molecule has 1 amide bonds. The minimum Gasteiger partial charge on any atom is -0.497 e. The monoisotopic (exact) mass is 353 g/mol. The van der Waals surface area contributed by atoms with E-state index < -0.39 is 5.91 Å². The van der Waals surface area contributed by atoms with Gasteiger partial charge in [-0.25, -0.2) is 0 Å². The molecule has 0 radical (unpaired) electrons. The molecule has 1 heterocycles. The zero-order valence-corrected chi connectivity index (χ0v) is 15.0. The Labute approximate surface area is 151 Å². The molecule has 0 saturated heterocycles. The number of aryl methyl sites for hydroxylation is 2. The van der Waals surface area contributed by atoms with Crippen molar-refractivity contribution in [3.8, 4) is 23.0 Å². The normalized spacial score (nSPS) is 10.5. The van der Waals surface area contributed by atoms with Crippen LogP contribution < -0.4 is 14.8 Å². The summed E-state index contributed by atoms with van der Waals surface area (Å²) >= 11 is 0. The highest BCUT2D eigenvalue weighted by Gasteiger charge is 2.15. The maximum atomic E-state index is 12.5. The van der Waals surface area contributed by atoms with Crippen LogP contribution in [0.3, 0.4) is 0 Å². The van der Waals surface area contributed by atoms with Crippen LogP contribution in [0.1, 0.15) is 21.5 Å². The Morgan fingerprint density at radius 1 is 1.00 bits per heavy atom. The summed E-state index contributed by atoms with van der Waals surface area (Å²) in [4.78, 5) is 12.5. The van der Waals surface area contributed by atoms with Gasteiger partial charge in [-0.2, -0.15) is 0 Å². The topological polar surface area (TPSA) is 86.5 Å². The number of ether oxygens (including phenoxy) is 2. The van der Waals surface area contributed by atoms with Crippen LogP contribution in [-0.2, 0) is 0 Å². The molecule has 0 aliphatic heterocycles. The zero-order valence-electron chi connectivity index (χ0n) is 15.0. The number of anilines is 1. The molecule has 3 rings (SSSR count). The Morgan fingerprint density at radius 2 is 1.69 bits per heavy atom. The van der Waals surface area contributed by atoms with Crippen molar-refractivity contribution in [1.29, 1.82) is 0 Å². The van der Waals surface area contributed by atoms with E-state index in [1.807, 2.05) is 32.0 Å². The number of benzene rings is 2. The average molecular weight is 353 g/mol. The highest BCUT2D eigenvalue weighted by Crippen LogP contribution is 2.26. The van der Waals surface area contributed by atoms with Gasteiger partial charge in [-0.3, -0.25) is 10.1 Å². The first-order valence-electron chi connectivity index (χ1n) is 7.95. The number of rotatable bonds is 5. The third-order valence-electron chi connectivity index (χ3n) is 3.87. The van der Waals surface area contributed by atoms with Crippen LogP contribution in [0.15, 0.2) is 40.8 Å². The molecule has 0 bridgehead atoms. The number of hydrogen-bond donors (Lipinski definition) is 1. The second-order valence-electron chi connectivity index (χ2n) is 5.79. The van der Waals surface area contributed by atoms with Crippen LogP contribution in [0.25, 0.3) is 11.5 Å². The van der Waals surface area contributed by atoms with Gasteiger partial charge in [0.15, 0.2) is 0 Å². The van der Waals surface area contributed by atoms with Crippen LogP contribution in [0, 0.1) is 13.8 Å². The molecule has 1 aromatic heterocycles. The predicted octanol–water partition coefficient (Wildman–Crippen LogP) is 3.62. The smallest absolute Gasteiger partial charge is 0.322 e. The van der Waals surface area contributed by atoms with Crippen LogP contribution in [0.2, 0.25) is 0 Å². The fourth-order valence-corrected chi connectivity index (χ4v) is 2.54. The van der Waals surface area contributed by atoms with Crippen molar-refractivity contribution in [3.63, 3.8) is 0 Å². The second kappa shape index (κ2) is 7.26. The number of aromatic nitrogens is 2. The maximum Gasteiger partial charge on any atom is 0.322 e. The zero-order chi connectivity index (χ0) is 18.7. The van der Waals surface area contributed by atoms with Gasteiger partial charge >= 0.3 is 6.01 Å². The van der Waals surface area contributed by atoms with E-state index in [2.05, 4.69) is 15.5 Å². The van der Waals surface area contributed by atoms with Crippen LogP contribution in [0.4, 0.5) is 6.01 Å². The number of hydrogen-bond acceptors (Lipinski definition) is 6. The number of carbonyl (C=O) groups is 1. The van der Waals surface area contributed by atoms with Crippen molar-refractivity contribution in [2.75, 3.05) is 19.5 Å². The minimum atomic E-state index is -0.405. The molecule has 0 fully saturated rings. The first-order chi connectivity index (χ1) is 12.5. The maximum absolute atomic E-state index is 12.5. The van der Waals surface area contributed by atoms with Gasteiger partial charge in [-0.1, -0.05) is 22.8 Å².